The summed E-state index contributed by atoms with van der Waals surface area (Å²) in [7, 11) is 0. The van der Waals surface area contributed by atoms with Crippen LogP contribution in [0.5, 0.6) is 0 Å². The molecule has 0 atom stereocenters. The Kier molecular flexibility index (Phi) is 3.39. The average Bonchev–Trinajstić information content (AvgIpc) is 2.41. The highest BCUT2D eigenvalue weighted by molar-refractivity contribution is 6.08. The van der Waals surface area contributed by atoms with Gasteiger partial charge in [0.05, 0.1) is 0 Å². The highest BCUT2D eigenvalue weighted by Crippen LogP contribution is 2.15. The minimum absolute atomic E-state index is 0.0264. The van der Waals surface area contributed by atoms with Crippen molar-refractivity contribution in [2.45, 2.75) is 20.8 Å². The number of ketones is 1. The van der Waals surface area contributed by atoms with Gasteiger partial charge in [0, 0.05) is 16.8 Å². The Labute approximate surface area is 111 Å². The van der Waals surface area contributed by atoms with Crippen molar-refractivity contribution >= 4 is 5.78 Å². The molecule has 0 aliphatic heterocycles. The molecule has 0 saturated heterocycles. The first-order valence-electron chi connectivity index (χ1n) is 5.89. The SMILES string of the molecule is Cc1ccc(C(=O)c2nc(C#N)nc(C)c2C)cc1. The van der Waals surface area contributed by atoms with Crippen molar-refractivity contribution in [3.05, 3.63) is 58.2 Å². The second-order valence-electron chi connectivity index (χ2n) is 4.41. The summed E-state index contributed by atoms with van der Waals surface area (Å²) in [4.78, 5) is 20.4. The lowest BCUT2D eigenvalue weighted by molar-refractivity contribution is 0.103. The molecule has 94 valence electrons. The standard InChI is InChI=1S/C15H13N3O/c1-9-4-6-12(7-5-9)15(19)14-10(2)11(3)17-13(8-16)18-14/h4-7H,1-3H3. The maximum atomic E-state index is 12.4. The summed E-state index contributed by atoms with van der Waals surface area (Å²) in [6.07, 6.45) is 0. The van der Waals surface area contributed by atoms with E-state index in [1.807, 2.05) is 25.1 Å². The smallest absolute Gasteiger partial charge is 0.233 e. The number of rotatable bonds is 2. The number of nitrogens with zero attached hydrogens (tertiary/aromatic N) is 3. The number of carbonyl (C=O) groups excluding carboxylic acids is 1. The third-order valence-corrected chi connectivity index (χ3v) is 3.02. The summed E-state index contributed by atoms with van der Waals surface area (Å²) in [5, 5.41) is 8.88. The van der Waals surface area contributed by atoms with Gasteiger partial charge in [0.1, 0.15) is 11.8 Å². The molecule has 0 aliphatic rings. The van der Waals surface area contributed by atoms with Gasteiger partial charge < -0.3 is 0 Å². The Bertz CT molecular complexity index is 682. The van der Waals surface area contributed by atoms with Crippen molar-refractivity contribution in [3.63, 3.8) is 0 Å². The lowest BCUT2D eigenvalue weighted by atomic mass is 10.0. The molecule has 1 aromatic heterocycles. The van der Waals surface area contributed by atoms with E-state index in [9.17, 15) is 4.79 Å². The minimum Gasteiger partial charge on any atom is -0.287 e. The lowest BCUT2D eigenvalue weighted by Crippen LogP contribution is -2.11. The molecule has 1 heterocycles. The van der Waals surface area contributed by atoms with Crippen LogP contribution in [0.3, 0.4) is 0 Å². The highest BCUT2D eigenvalue weighted by atomic mass is 16.1. The van der Waals surface area contributed by atoms with Crippen LogP contribution in [-0.2, 0) is 0 Å². The molecule has 4 heteroatoms. The van der Waals surface area contributed by atoms with Crippen LogP contribution in [0.15, 0.2) is 24.3 Å². The van der Waals surface area contributed by atoms with Gasteiger partial charge in [-0.25, -0.2) is 9.97 Å². The van der Waals surface area contributed by atoms with Gasteiger partial charge in [0.25, 0.3) is 0 Å². The van der Waals surface area contributed by atoms with Crippen LogP contribution in [0, 0.1) is 32.1 Å². The molecule has 0 amide bonds. The molecule has 1 aromatic carbocycles. The zero-order valence-corrected chi connectivity index (χ0v) is 11.1. The summed E-state index contributed by atoms with van der Waals surface area (Å²) < 4.78 is 0. The van der Waals surface area contributed by atoms with E-state index in [0.29, 0.717) is 22.5 Å². The maximum absolute atomic E-state index is 12.4. The molecule has 0 radical (unpaired) electrons. The molecule has 0 unspecified atom stereocenters. The van der Waals surface area contributed by atoms with Gasteiger partial charge in [-0.2, -0.15) is 5.26 Å². The fourth-order valence-electron chi connectivity index (χ4n) is 1.74. The summed E-state index contributed by atoms with van der Waals surface area (Å²) in [6, 6.07) is 9.16. The van der Waals surface area contributed by atoms with Gasteiger partial charge in [-0.15, -0.1) is 0 Å². The number of aromatic nitrogens is 2. The second-order valence-corrected chi connectivity index (χ2v) is 4.41. The van der Waals surface area contributed by atoms with Gasteiger partial charge in [0.15, 0.2) is 0 Å². The van der Waals surface area contributed by atoms with Gasteiger partial charge >= 0.3 is 0 Å². The molecule has 0 fully saturated rings. The molecule has 0 aliphatic carbocycles. The van der Waals surface area contributed by atoms with Crippen molar-refractivity contribution in [1.82, 2.24) is 9.97 Å². The van der Waals surface area contributed by atoms with Crippen molar-refractivity contribution in [2.75, 3.05) is 0 Å². The van der Waals surface area contributed by atoms with Gasteiger partial charge in [-0.05, 0) is 20.8 Å². The summed E-state index contributed by atoms with van der Waals surface area (Å²) >= 11 is 0. The maximum Gasteiger partial charge on any atom is 0.233 e. The quantitative estimate of drug-likeness (QED) is 0.769. The van der Waals surface area contributed by atoms with Crippen LogP contribution < -0.4 is 0 Å². The highest BCUT2D eigenvalue weighted by Gasteiger charge is 2.16. The van der Waals surface area contributed by atoms with Crippen LogP contribution in [0.2, 0.25) is 0 Å². The molecular formula is C15H13N3O. The third-order valence-electron chi connectivity index (χ3n) is 3.02. The van der Waals surface area contributed by atoms with Gasteiger partial charge in [0.2, 0.25) is 11.6 Å². The summed E-state index contributed by atoms with van der Waals surface area (Å²) in [5.41, 5.74) is 3.32. The van der Waals surface area contributed by atoms with Crippen molar-refractivity contribution in [3.8, 4) is 6.07 Å². The Morgan fingerprint density at radius 2 is 1.74 bits per heavy atom. The van der Waals surface area contributed by atoms with E-state index >= 15 is 0 Å². The number of carbonyl (C=O) groups is 1. The number of nitriles is 1. The van der Waals surface area contributed by atoms with Crippen molar-refractivity contribution < 1.29 is 4.79 Å². The van der Waals surface area contributed by atoms with Crippen LogP contribution >= 0.6 is 0 Å². The Morgan fingerprint density at radius 3 is 2.32 bits per heavy atom. The predicted molar refractivity (Wildman–Crippen MR) is 70.8 cm³/mol. The zero-order valence-electron chi connectivity index (χ0n) is 11.1. The predicted octanol–water partition coefficient (Wildman–Crippen LogP) is 2.50. The van der Waals surface area contributed by atoms with E-state index in [-0.39, 0.29) is 11.6 Å². The monoisotopic (exact) mass is 251 g/mol. The van der Waals surface area contributed by atoms with E-state index in [2.05, 4.69) is 9.97 Å². The van der Waals surface area contributed by atoms with E-state index in [1.54, 1.807) is 26.0 Å². The normalized spacial score (nSPS) is 10.0. The fourth-order valence-corrected chi connectivity index (χ4v) is 1.74. The number of aryl methyl sites for hydroxylation is 2. The number of hydrogen-bond acceptors (Lipinski definition) is 4. The second kappa shape index (κ2) is 4.99. The van der Waals surface area contributed by atoms with E-state index < -0.39 is 0 Å². The summed E-state index contributed by atoms with van der Waals surface area (Å²) in [6.45, 7) is 5.52. The van der Waals surface area contributed by atoms with E-state index in [1.165, 1.54) is 0 Å². The van der Waals surface area contributed by atoms with Crippen molar-refractivity contribution in [2.24, 2.45) is 0 Å². The summed E-state index contributed by atoms with van der Waals surface area (Å²) in [5.74, 6) is -0.155. The zero-order chi connectivity index (χ0) is 14.0. The molecular weight excluding hydrogens is 238 g/mol. The Morgan fingerprint density at radius 1 is 1.11 bits per heavy atom. The van der Waals surface area contributed by atoms with E-state index in [0.717, 1.165) is 5.56 Å². The van der Waals surface area contributed by atoms with Crippen LogP contribution in [0.1, 0.15) is 38.7 Å². The van der Waals surface area contributed by atoms with Crippen LogP contribution in [0.4, 0.5) is 0 Å². The fraction of sp³-hybridized carbons (Fsp3) is 0.200. The molecule has 2 aromatic rings. The largest absolute Gasteiger partial charge is 0.287 e. The molecule has 0 spiro atoms. The van der Waals surface area contributed by atoms with Crippen LogP contribution in [0.25, 0.3) is 0 Å². The van der Waals surface area contributed by atoms with Gasteiger partial charge in [-0.3, -0.25) is 4.79 Å². The molecule has 0 bridgehead atoms. The first kappa shape index (κ1) is 12.9. The van der Waals surface area contributed by atoms with Crippen molar-refractivity contribution in [1.29, 1.82) is 5.26 Å². The lowest BCUT2D eigenvalue weighted by Gasteiger charge is -2.07. The minimum atomic E-state index is -0.181. The average molecular weight is 251 g/mol. The molecule has 0 saturated carbocycles. The van der Waals surface area contributed by atoms with Crippen LogP contribution in [-0.4, -0.2) is 15.8 Å². The third kappa shape index (κ3) is 2.50. The Balaban J connectivity index is 2.53. The molecule has 19 heavy (non-hydrogen) atoms. The number of hydrogen-bond donors (Lipinski definition) is 0. The molecule has 2 rings (SSSR count). The number of benzene rings is 1. The first-order valence-corrected chi connectivity index (χ1v) is 5.89. The molecule has 4 nitrogen and oxygen atoms in total. The first-order chi connectivity index (χ1) is 9.02. The van der Waals surface area contributed by atoms with E-state index in [4.69, 9.17) is 5.26 Å². The van der Waals surface area contributed by atoms with Gasteiger partial charge in [-0.1, -0.05) is 29.8 Å². The Hall–Kier alpha value is -2.54. The molecule has 0 N–H and O–H groups in total. The topological polar surface area (TPSA) is 66.6 Å².